The highest BCUT2D eigenvalue weighted by Gasteiger charge is 2.15. The van der Waals surface area contributed by atoms with Crippen molar-refractivity contribution in [3.63, 3.8) is 0 Å². The molecule has 1 aromatic heterocycles. The molecule has 1 aromatic rings. The number of aryl methyl sites for hydroxylation is 1. The molecule has 1 aliphatic heterocycles. The summed E-state index contributed by atoms with van der Waals surface area (Å²) in [6.45, 7) is 4.51. The van der Waals surface area contributed by atoms with Crippen LogP contribution in [0.3, 0.4) is 0 Å². The Hall–Kier alpha value is -1.40. The van der Waals surface area contributed by atoms with Crippen LogP contribution < -0.4 is 10.6 Å². The lowest BCUT2D eigenvalue weighted by Crippen LogP contribution is -2.42. The van der Waals surface area contributed by atoms with Crippen LogP contribution in [0, 0.1) is 6.92 Å². The zero-order valence-corrected chi connectivity index (χ0v) is 11.6. The SMILES string of the molecule is Cc1c(CNCC(=O)NC2CCOCC2)cnn1C. The molecule has 0 saturated carbocycles. The highest BCUT2D eigenvalue weighted by atomic mass is 16.5. The average molecular weight is 266 g/mol. The van der Waals surface area contributed by atoms with Gasteiger partial charge in [0.25, 0.3) is 0 Å². The average Bonchev–Trinajstić information content (AvgIpc) is 2.72. The molecule has 0 radical (unpaired) electrons. The van der Waals surface area contributed by atoms with Gasteiger partial charge in [0, 0.05) is 44.1 Å². The molecule has 1 aliphatic rings. The molecule has 0 atom stereocenters. The Labute approximate surface area is 113 Å². The summed E-state index contributed by atoms with van der Waals surface area (Å²) in [6, 6.07) is 0.267. The van der Waals surface area contributed by atoms with Gasteiger partial charge in [-0.15, -0.1) is 0 Å². The Morgan fingerprint density at radius 2 is 2.26 bits per heavy atom. The lowest BCUT2D eigenvalue weighted by molar-refractivity contribution is -0.121. The normalized spacial score (nSPS) is 16.5. The Bertz CT molecular complexity index is 424. The fraction of sp³-hybridized carbons (Fsp3) is 0.692. The lowest BCUT2D eigenvalue weighted by atomic mass is 10.1. The highest BCUT2D eigenvalue weighted by Crippen LogP contribution is 2.06. The van der Waals surface area contributed by atoms with Gasteiger partial charge in [0.2, 0.25) is 5.91 Å². The molecule has 1 saturated heterocycles. The van der Waals surface area contributed by atoms with E-state index >= 15 is 0 Å². The molecule has 2 heterocycles. The number of carbonyl (C=O) groups excluding carboxylic acids is 1. The third-order valence-electron chi connectivity index (χ3n) is 3.52. The molecule has 0 spiro atoms. The number of amides is 1. The highest BCUT2D eigenvalue weighted by molar-refractivity contribution is 5.78. The molecule has 6 nitrogen and oxygen atoms in total. The van der Waals surface area contributed by atoms with Crippen molar-refractivity contribution in [1.82, 2.24) is 20.4 Å². The zero-order valence-electron chi connectivity index (χ0n) is 11.6. The van der Waals surface area contributed by atoms with Gasteiger partial charge >= 0.3 is 0 Å². The first-order chi connectivity index (χ1) is 9.16. The standard InChI is InChI=1S/C13H22N4O2/c1-10-11(8-15-17(10)2)7-14-9-13(18)16-12-3-5-19-6-4-12/h8,12,14H,3-7,9H2,1-2H3,(H,16,18). The second kappa shape index (κ2) is 6.68. The van der Waals surface area contributed by atoms with E-state index in [-0.39, 0.29) is 11.9 Å². The maximum atomic E-state index is 11.8. The number of aromatic nitrogens is 2. The molecule has 0 aromatic carbocycles. The van der Waals surface area contributed by atoms with Crippen LogP contribution in [0.25, 0.3) is 0 Å². The summed E-state index contributed by atoms with van der Waals surface area (Å²) >= 11 is 0. The van der Waals surface area contributed by atoms with Crippen LogP contribution in [0.15, 0.2) is 6.20 Å². The molecular formula is C13H22N4O2. The molecular weight excluding hydrogens is 244 g/mol. The van der Waals surface area contributed by atoms with E-state index in [2.05, 4.69) is 15.7 Å². The number of nitrogens with one attached hydrogen (secondary N) is 2. The molecule has 2 N–H and O–H groups in total. The molecule has 106 valence electrons. The first-order valence-electron chi connectivity index (χ1n) is 6.72. The van der Waals surface area contributed by atoms with Crippen LogP contribution >= 0.6 is 0 Å². The summed E-state index contributed by atoms with van der Waals surface area (Å²) in [5.74, 6) is 0.0495. The smallest absolute Gasteiger partial charge is 0.234 e. The third kappa shape index (κ3) is 4.04. The molecule has 0 bridgehead atoms. The number of nitrogens with zero attached hydrogens (tertiary/aromatic N) is 2. The van der Waals surface area contributed by atoms with E-state index < -0.39 is 0 Å². The number of hydrogen-bond acceptors (Lipinski definition) is 4. The maximum absolute atomic E-state index is 11.8. The minimum Gasteiger partial charge on any atom is -0.381 e. The summed E-state index contributed by atoms with van der Waals surface area (Å²) in [6.07, 6.45) is 3.65. The number of ether oxygens (including phenoxy) is 1. The molecule has 19 heavy (non-hydrogen) atoms. The van der Waals surface area contributed by atoms with Crippen molar-refractivity contribution in [3.05, 3.63) is 17.5 Å². The second-order valence-corrected chi connectivity index (χ2v) is 4.94. The third-order valence-corrected chi connectivity index (χ3v) is 3.52. The second-order valence-electron chi connectivity index (χ2n) is 4.94. The van der Waals surface area contributed by atoms with Gasteiger partial charge in [-0.05, 0) is 19.8 Å². The monoisotopic (exact) mass is 266 g/mol. The van der Waals surface area contributed by atoms with Crippen LogP contribution in [0.5, 0.6) is 0 Å². The predicted molar refractivity (Wildman–Crippen MR) is 71.6 cm³/mol. The van der Waals surface area contributed by atoms with Crippen molar-refractivity contribution in [2.45, 2.75) is 32.4 Å². The molecule has 0 aliphatic carbocycles. The van der Waals surface area contributed by atoms with E-state index in [4.69, 9.17) is 4.74 Å². The Balaban J connectivity index is 1.67. The molecule has 1 fully saturated rings. The predicted octanol–water partition coefficient (Wildman–Crippen LogP) is 0.113. The molecule has 6 heteroatoms. The summed E-state index contributed by atoms with van der Waals surface area (Å²) < 4.78 is 7.09. The van der Waals surface area contributed by atoms with Crippen molar-refractivity contribution in [1.29, 1.82) is 0 Å². The van der Waals surface area contributed by atoms with Gasteiger partial charge in [-0.2, -0.15) is 5.10 Å². The minimum absolute atomic E-state index is 0.0495. The Morgan fingerprint density at radius 3 is 2.89 bits per heavy atom. The number of carbonyl (C=O) groups is 1. The van der Waals surface area contributed by atoms with Crippen molar-refractivity contribution >= 4 is 5.91 Å². The van der Waals surface area contributed by atoms with Crippen LogP contribution in [0.2, 0.25) is 0 Å². The Kier molecular flexibility index (Phi) is 4.93. The van der Waals surface area contributed by atoms with Crippen molar-refractivity contribution < 1.29 is 9.53 Å². The van der Waals surface area contributed by atoms with E-state index in [1.807, 2.05) is 24.9 Å². The maximum Gasteiger partial charge on any atom is 0.234 e. The van der Waals surface area contributed by atoms with Gasteiger partial charge in [0.1, 0.15) is 0 Å². The number of hydrogen-bond donors (Lipinski definition) is 2. The van der Waals surface area contributed by atoms with E-state index in [0.717, 1.165) is 37.3 Å². The van der Waals surface area contributed by atoms with E-state index in [1.165, 1.54) is 0 Å². The first kappa shape index (κ1) is 14.0. The van der Waals surface area contributed by atoms with Crippen LogP contribution in [-0.2, 0) is 23.1 Å². The van der Waals surface area contributed by atoms with E-state index in [0.29, 0.717) is 13.1 Å². The number of rotatable bonds is 5. The van der Waals surface area contributed by atoms with E-state index in [9.17, 15) is 4.79 Å². The van der Waals surface area contributed by atoms with Crippen LogP contribution in [0.1, 0.15) is 24.1 Å². The van der Waals surface area contributed by atoms with Gasteiger partial charge < -0.3 is 15.4 Å². The van der Waals surface area contributed by atoms with Gasteiger partial charge in [0.05, 0.1) is 12.7 Å². The summed E-state index contributed by atoms with van der Waals surface area (Å²) in [7, 11) is 1.91. The summed E-state index contributed by atoms with van der Waals surface area (Å²) in [4.78, 5) is 11.8. The molecule has 2 rings (SSSR count). The van der Waals surface area contributed by atoms with Crippen molar-refractivity contribution in [3.8, 4) is 0 Å². The fourth-order valence-electron chi connectivity index (χ4n) is 2.15. The Morgan fingerprint density at radius 1 is 1.53 bits per heavy atom. The summed E-state index contributed by atoms with van der Waals surface area (Å²) in [5.41, 5.74) is 2.25. The van der Waals surface area contributed by atoms with Gasteiger partial charge in [-0.3, -0.25) is 9.48 Å². The van der Waals surface area contributed by atoms with Crippen molar-refractivity contribution in [2.75, 3.05) is 19.8 Å². The van der Waals surface area contributed by atoms with Crippen LogP contribution in [0.4, 0.5) is 0 Å². The first-order valence-corrected chi connectivity index (χ1v) is 6.72. The topological polar surface area (TPSA) is 68.2 Å². The minimum atomic E-state index is 0.0495. The summed E-state index contributed by atoms with van der Waals surface area (Å²) in [5, 5.41) is 10.3. The zero-order chi connectivity index (χ0) is 13.7. The quantitative estimate of drug-likeness (QED) is 0.794. The van der Waals surface area contributed by atoms with Gasteiger partial charge in [0.15, 0.2) is 0 Å². The molecule has 0 unspecified atom stereocenters. The van der Waals surface area contributed by atoms with Crippen LogP contribution in [-0.4, -0.2) is 41.5 Å². The fourth-order valence-corrected chi connectivity index (χ4v) is 2.15. The molecule has 1 amide bonds. The largest absolute Gasteiger partial charge is 0.381 e. The lowest BCUT2D eigenvalue weighted by Gasteiger charge is -2.23. The van der Waals surface area contributed by atoms with E-state index in [1.54, 1.807) is 0 Å². The van der Waals surface area contributed by atoms with Gasteiger partial charge in [-0.25, -0.2) is 0 Å². The van der Waals surface area contributed by atoms with Gasteiger partial charge in [-0.1, -0.05) is 0 Å². The van der Waals surface area contributed by atoms with Crippen molar-refractivity contribution in [2.24, 2.45) is 7.05 Å².